The maximum absolute atomic E-state index is 6.00. The molecule has 0 spiro atoms. The van der Waals surface area contributed by atoms with Crippen molar-refractivity contribution in [2.75, 3.05) is 12.5 Å². The molecule has 0 unspecified atom stereocenters. The zero-order valence-corrected chi connectivity index (χ0v) is 12.6. The SMILES string of the molecule is COc1cc(Cl)ccc1-c1nc2c(c(NN)n1)CCCC2. The number of nitrogens with one attached hydrogen (secondary N) is 1. The molecule has 1 heterocycles. The molecule has 1 aromatic carbocycles. The van der Waals surface area contributed by atoms with E-state index in [0.29, 0.717) is 22.4 Å². The highest BCUT2D eigenvalue weighted by molar-refractivity contribution is 6.30. The third-order valence-electron chi connectivity index (χ3n) is 3.72. The van der Waals surface area contributed by atoms with E-state index >= 15 is 0 Å². The number of benzene rings is 1. The Balaban J connectivity index is 2.15. The van der Waals surface area contributed by atoms with Crippen molar-refractivity contribution in [3.05, 3.63) is 34.5 Å². The molecule has 110 valence electrons. The monoisotopic (exact) mass is 304 g/mol. The van der Waals surface area contributed by atoms with Crippen molar-refractivity contribution in [3.8, 4) is 17.1 Å². The van der Waals surface area contributed by atoms with Crippen LogP contribution in [0.3, 0.4) is 0 Å². The standard InChI is InChI=1S/C15H17ClN4O/c1-21-13-8-9(16)6-7-11(13)14-18-12-5-3-2-4-10(12)15(19-14)20-17/h6-8H,2-5,17H2,1H3,(H,18,19,20). The van der Waals surface area contributed by atoms with Crippen molar-refractivity contribution in [1.82, 2.24) is 9.97 Å². The quantitative estimate of drug-likeness (QED) is 0.673. The first-order valence-corrected chi connectivity index (χ1v) is 7.31. The average Bonchev–Trinajstić information content (AvgIpc) is 2.53. The van der Waals surface area contributed by atoms with Gasteiger partial charge in [0, 0.05) is 16.3 Å². The Labute approximate surface area is 128 Å². The summed E-state index contributed by atoms with van der Waals surface area (Å²) in [6.45, 7) is 0. The van der Waals surface area contributed by atoms with Gasteiger partial charge in [0.2, 0.25) is 0 Å². The first-order chi connectivity index (χ1) is 10.2. The zero-order chi connectivity index (χ0) is 14.8. The highest BCUT2D eigenvalue weighted by Crippen LogP contribution is 2.33. The minimum atomic E-state index is 0.608. The van der Waals surface area contributed by atoms with Crippen molar-refractivity contribution < 1.29 is 4.74 Å². The highest BCUT2D eigenvalue weighted by atomic mass is 35.5. The molecule has 0 saturated carbocycles. The largest absolute Gasteiger partial charge is 0.496 e. The van der Waals surface area contributed by atoms with Gasteiger partial charge in [-0.25, -0.2) is 15.8 Å². The van der Waals surface area contributed by atoms with Gasteiger partial charge in [-0.1, -0.05) is 11.6 Å². The van der Waals surface area contributed by atoms with Gasteiger partial charge in [0.05, 0.1) is 12.7 Å². The molecule has 6 heteroatoms. The third-order valence-corrected chi connectivity index (χ3v) is 3.96. The van der Waals surface area contributed by atoms with E-state index in [-0.39, 0.29) is 0 Å². The molecule has 0 atom stereocenters. The molecular weight excluding hydrogens is 288 g/mol. The first kappa shape index (κ1) is 14.1. The number of hydrogen-bond donors (Lipinski definition) is 2. The fraction of sp³-hybridized carbons (Fsp3) is 0.333. The fourth-order valence-corrected chi connectivity index (χ4v) is 2.85. The average molecular weight is 305 g/mol. The summed E-state index contributed by atoms with van der Waals surface area (Å²) >= 11 is 6.00. The van der Waals surface area contributed by atoms with Crippen LogP contribution in [0, 0.1) is 0 Å². The number of ether oxygens (including phenoxy) is 1. The summed E-state index contributed by atoms with van der Waals surface area (Å²) in [5, 5.41) is 0.616. The summed E-state index contributed by atoms with van der Waals surface area (Å²) in [5.41, 5.74) is 5.70. The molecule has 3 rings (SSSR count). The van der Waals surface area contributed by atoms with Crippen LogP contribution in [-0.4, -0.2) is 17.1 Å². The number of nitrogens with two attached hydrogens (primary N) is 1. The Kier molecular flexibility index (Phi) is 3.94. The number of nitrogen functional groups attached to an aromatic ring is 1. The number of nitrogens with zero attached hydrogens (tertiary/aromatic N) is 2. The van der Waals surface area contributed by atoms with Gasteiger partial charge < -0.3 is 10.2 Å². The van der Waals surface area contributed by atoms with Gasteiger partial charge in [0.1, 0.15) is 11.6 Å². The number of rotatable bonds is 3. The van der Waals surface area contributed by atoms with Crippen molar-refractivity contribution in [2.24, 2.45) is 5.84 Å². The van der Waals surface area contributed by atoms with Gasteiger partial charge >= 0.3 is 0 Å². The van der Waals surface area contributed by atoms with Crippen LogP contribution in [0.25, 0.3) is 11.4 Å². The second-order valence-electron chi connectivity index (χ2n) is 5.02. The number of fused-ring (bicyclic) bond motifs is 1. The third kappa shape index (κ3) is 2.66. The van der Waals surface area contributed by atoms with Crippen LogP contribution in [0.2, 0.25) is 5.02 Å². The predicted octanol–water partition coefficient (Wildman–Crippen LogP) is 2.97. The van der Waals surface area contributed by atoms with Crippen LogP contribution in [0.5, 0.6) is 5.75 Å². The van der Waals surface area contributed by atoms with Crippen LogP contribution in [0.4, 0.5) is 5.82 Å². The Morgan fingerprint density at radius 2 is 2.05 bits per heavy atom. The maximum Gasteiger partial charge on any atom is 0.165 e. The van der Waals surface area contributed by atoms with Gasteiger partial charge in [-0.05, 0) is 43.9 Å². The number of halogens is 1. The fourth-order valence-electron chi connectivity index (χ4n) is 2.68. The number of hydrogen-bond acceptors (Lipinski definition) is 5. The van der Waals surface area contributed by atoms with Crippen LogP contribution >= 0.6 is 11.6 Å². The smallest absolute Gasteiger partial charge is 0.165 e. The van der Waals surface area contributed by atoms with Crippen LogP contribution in [-0.2, 0) is 12.8 Å². The van der Waals surface area contributed by atoms with Gasteiger partial charge in [-0.2, -0.15) is 0 Å². The van der Waals surface area contributed by atoms with Crippen molar-refractivity contribution in [3.63, 3.8) is 0 Å². The summed E-state index contributed by atoms with van der Waals surface area (Å²) in [5.74, 6) is 7.59. The molecule has 1 aromatic heterocycles. The van der Waals surface area contributed by atoms with Crippen LogP contribution in [0.1, 0.15) is 24.1 Å². The van der Waals surface area contributed by atoms with Gasteiger partial charge in [-0.15, -0.1) is 0 Å². The van der Waals surface area contributed by atoms with Gasteiger partial charge in [0.15, 0.2) is 5.82 Å². The molecule has 3 N–H and O–H groups in total. The Morgan fingerprint density at radius 1 is 1.24 bits per heavy atom. The van der Waals surface area contributed by atoms with Crippen molar-refractivity contribution >= 4 is 17.4 Å². The minimum Gasteiger partial charge on any atom is -0.496 e. The molecule has 0 bridgehead atoms. The van der Waals surface area contributed by atoms with Gasteiger partial charge in [-0.3, -0.25) is 0 Å². The lowest BCUT2D eigenvalue weighted by Gasteiger charge is -2.19. The molecule has 0 saturated heterocycles. The van der Waals surface area contributed by atoms with E-state index in [1.165, 1.54) is 0 Å². The number of aromatic nitrogens is 2. The lowest BCUT2D eigenvalue weighted by Crippen LogP contribution is -2.17. The second kappa shape index (κ2) is 5.87. The van der Waals surface area contributed by atoms with Crippen LogP contribution in [0.15, 0.2) is 18.2 Å². The number of aryl methyl sites for hydroxylation is 1. The summed E-state index contributed by atoms with van der Waals surface area (Å²) in [7, 11) is 1.61. The maximum atomic E-state index is 6.00. The zero-order valence-electron chi connectivity index (χ0n) is 11.8. The predicted molar refractivity (Wildman–Crippen MR) is 83.5 cm³/mol. The number of anilines is 1. The highest BCUT2D eigenvalue weighted by Gasteiger charge is 2.19. The molecule has 2 aromatic rings. The minimum absolute atomic E-state index is 0.608. The van der Waals surface area contributed by atoms with E-state index in [9.17, 15) is 0 Å². The molecule has 1 aliphatic carbocycles. The van der Waals surface area contributed by atoms with Crippen molar-refractivity contribution in [1.29, 1.82) is 0 Å². The molecule has 1 aliphatic rings. The molecular formula is C15H17ClN4O. The lowest BCUT2D eigenvalue weighted by molar-refractivity contribution is 0.416. The molecule has 0 radical (unpaired) electrons. The second-order valence-corrected chi connectivity index (χ2v) is 5.45. The molecule has 0 aliphatic heterocycles. The van der Waals surface area contributed by atoms with E-state index < -0.39 is 0 Å². The molecule has 21 heavy (non-hydrogen) atoms. The Morgan fingerprint density at radius 3 is 2.81 bits per heavy atom. The van der Waals surface area contributed by atoms with E-state index in [1.54, 1.807) is 19.2 Å². The number of methoxy groups -OCH3 is 1. The van der Waals surface area contributed by atoms with E-state index in [4.69, 9.17) is 27.2 Å². The van der Waals surface area contributed by atoms with Crippen molar-refractivity contribution in [2.45, 2.75) is 25.7 Å². The normalized spacial score (nSPS) is 13.7. The summed E-state index contributed by atoms with van der Waals surface area (Å²) in [4.78, 5) is 9.24. The summed E-state index contributed by atoms with van der Waals surface area (Å²) in [6.07, 6.45) is 4.21. The number of hydrazine groups is 1. The topological polar surface area (TPSA) is 73.1 Å². The van der Waals surface area contributed by atoms with E-state index in [2.05, 4.69) is 10.4 Å². The molecule has 0 fully saturated rings. The van der Waals surface area contributed by atoms with E-state index in [0.717, 1.165) is 42.5 Å². The Bertz CT molecular complexity index is 658. The first-order valence-electron chi connectivity index (χ1n) is 6.93. The Hall–Kier alpha value is -1.85. The van der Waals surface area contributed by atoms with Gasteiger partial charge in [0.25, 0.3) is 0 Å². The van der Waals surface area contributed by atoms with Crippen LogP contribution < -0.4 is 16.0 Å². The summed E-state index contributed by atoms with van der Waals surface area (Å²) in [6, 6.07) is 5.43. The van der Waals surface area contributed by atoms with E-state index in [1.807, 2.05) is 6.07 Å². The molecule has 0 amide bonds. The molecule has 5 nitrogen and oxygen atoms in total. The summed E-state index contributed by atoms with van der Waals surface area (Å²) < 4.78 is 5.38. The lowest BCUT2D eigenvalue weighted by atomic mass is 9.96.